The molecule has 0 saturated heterocycles. The van der Waals surface area contributed by atoms with Crippen LogP contribution < -0.4 is 5.73 Å². The summed E-state index contributed by atoms with van der Waals surface area (Å²) < 4.78 is 0. The van der Waals surface area contributed by atoms with Crippen LogP contribution in [0.1, 0.15) is 39.0 Å². The molecule has 0 aliphatic heterocycles. The summed E-state index contributed by atoms with van der Waals surface area (Å²) in [4.78, 5) is 0. The molecule has 0 aliphatic carbocycles. The van der Waals surface area contributed by atoms with E-state index in [2.05, 4.69) is 6.92 Å². The van der Waals surface area contributed by atoms with Crippen molar-refractivity contribution in [3.8, 4) is 0 Å². The maximum Gasteiger partial charge on any atom is 0.0905 e. The van der Waals surface area contributed by atoms with Crippen molar-refractivity contribution in [2.45, 2.75) is 39.0 Å². The van der Waals surface area contributed by atoms with Crippen LogP contribution in [0.5, 0.6) is 0 Å². The lowest BCUT2D eigenvalue weighted by molar-refractivity contribution is 0.681. The first kappa shape index (κ1) is 8.47. The standard InChI is InChI=1S/C7H16N2/c1-2-3-4-5-6-7(8)9/h2-6H2,1H3,(H3,8,9). The van der Waals surface area contributed by atoms with Crippen molar-refractivity contribution in [1.82, 2.24) is 0 Å². The molecule has 0 atom stereocenters. The van der Waals surface area contributed by atoms with Gasteiger partial charge in [0.25, 0.3) is 0 Å². The normalized spacial score (nSPS) is 9.44. The molecule has 0 bridgehead atoms. The molecule has 0 radical (unpaired) electrons. The molecule has 0 spiro atoms. The zero-order valence-corrected chi connectivity index (χ0v) is 6.11. The molecule has 2 nitrogen and oxygen atoms in total. The molecule has 0 amide bonds. The van der Waals surface area contributed by atoms with Crippen LogP contribution in [0, 0.1) is 5.41 Å². The van der Waals surface area contributed by atoms with Gasteiger partial charge >= 0.3 is 0 Å². The van der Waals surface area contributed by atoms with Crippen LogP contribution in [0.25, 0.3) is 0 Å². The SMILES string of the molecule is CCCCCCC(=N)N. The Hall–Kier alpha value is -0.530. The highest BCUT2D eigenvalue weighted by atomic mass is 14.7. The Morgan fingerprint density at radius 1 is 1.33 bits per heavy atom. The largest absolute Gasteiger partial charge is 0.388 e. The third-order valence-corrected chi connectivity index (χ3v) is 1.30. The lowest BCUT2D eigenvalue weighted by Gasteiger charge is -1.95. The smallest absolute Gasteiger partial charge is 0.0905 e. The second-order valence-corrected chi connectivity index (χ2v) is 2.34. The van der Waals surface area contributed by atoms with Gasteiger partial charge in [0.15, 0.2) is 0 Å². The fraction of sp³-hybridized carbons (Fsp3) is 0.857. The summed E-state index contributed by atoms with van der Waals surface area (Å²) in [5.41, 5.74) is 5.16. The van der Waals surface area contributed by atoms with Gasteiger partial charge in [-0.15, -0.1) is 0 Å². The van der Waals surface area contributed by atoms with Crippen LogP contribution in [0.15, 0.2) is 0 Å². The maximum atomic E-state index is 6.91. The van der Waals surface area contributed by atoms with Gasteiger partial charge < -0.3 is 5.73 Å². The van der Waals surface area contributed by atoms with Gasteiger partial charge in [0.2, 0.25) is 0 Å². The van der Waals surface area contributed by atoms with Crippen molar-refractivity contribution in [3.05, 3.63) is 0 Å². The van der Waals surface area contributed by atoms with Crippen molar-refractivity contribution < 1.29 is 0 Å². The summed E-state index contributed by atoms with van der Waals surface area (Å²) >= 11 is 0. The predicted octanol–water partition coefficient (Wildman–Crippen LogP) is 1.89. The molecule has 54 valence electrons. The second-order valence-electron chi connectivity index (χ2n) is 2.34. The van der Waals surface area contributed by atoms with Crippen molar-refractivity contribution in [2.75, 3.05) is 0 Å². The highest BCUT2D eigenvalue weighted by Crippen LogP contribution is 2.00. The van der Waals surface area contributed by atoms with Crippen LogP contribution in [0.4, 0.5) is 0 Å². The van der Waals surface area contributed by atoms with E-state index in [0.29, 0.717) is 5.84 Å². The summed E-state index contributed by atoms with van der Waals surface area (Å²) in [6, 6.07) is 0. The van der Waals surface area contributed by atoms with Gasteiger partial charge in [-0.25, -0.2) is 0 Å². The van der Waals surface area contributed by atoms with E-state index in [-0.39, 0.29) is 0 Å². The van der Waals surface area contributed by atoms with Crippen LogP contribution in [0.3, 0.4) is 0 Å². The van der Waals surface area contributed by atoms with Crippen LogP contribution in [-0.4, -0.2) is 5.84 Å². The Morgan fingerprint density at radius 3 is 2.44 bits per heavy atom. The lowest BCUT2D eigenvalue weighted by atomic mass is 10.1. The van der Waals surface area contributed by atoms with Crippen LogP contribution in [0.2, 0.25) is 0 Å². The highest BCUT2D eigenvalue weighted by Gasteiger charge is 1.88. The van der Waals surface area contributed by atoms with E-state index in [1.54, 1.807) is 0 Å². The summed E-state index contributed by atoms with van der Waals surface area (Å²) in [7, 11) is 0. The molecule has 0 aromatic rings. The number of amidine groups is 1. The predicted molar refractivity (Wildman–Crippen MR) is 40.7 cm³/mol. The Labute approximate surface area is 57.0 Å². The van der Waals surface area contributed by atoms with Gasteiger partial charge in [0.05, 0.1) is 5.84 Å². The van der Waals surface area contributed by atoms with Crippen LogP contribution >= 0.6 is 0 Å². The maximum absolute atomic E-state index is 6.91. The number of nitrogens with two attached hydrogens (primary N) is 1. The third-order valence-electron chi connectivity index (χ3n) is 1.30. The molecule has 0 fully saturated rings. The van der Waals surface area contributed by atoms with Crippen molar-refractivity contribution in [1.29, 1.82) is 5.41 Å². The van der Waals surface area contributed by atoms with E-state index in [4.69, 9.17) is 11.1 Å². The van der Waals surface area contributed by atoms with Gasteiger partial charge in [-0.3, -0.25) is 5.41 Å². The molecule has 0 unspecified atom stereocenters. The first-order chi connectivity index (χ1) is 4.27. The summed E-state index contributed by atoms with van der Waals surface area (Å²) in [5, 5.41) is 6.91. The van der Waals surface area contributed by atoms with Crippen molar-refractivity contribution in [3.63, 3.8) is 0 Å². The van der Waals surface area contributed by atoms with Gasteiger partial charge in [-0.05, 0) is 6.42 Å². The highest BCUT2D eigenvalue weighted by molar-refractivity contribution is 5.76. The van der Waals surface area contributed by atoms with Crippen molar-refractivity contribution >= 4 is 5.84 Å². The molecular formula is C7H16N2. The summed E-state index contributed by atoms with van der Waals surface area (Å²) in [5.74, 6) is 0.325. The van der Waals surface area contributed by atoms with Gasteiger partial charge in [0.1, 0.15) is 0 Å². The minimum Gasteiger partial charge on any atom is -0.388 e. The third kappa shape index (κ3) is 7.47. The van der Waals surface area contributed by atoms with Gasteiger partial charge in [-0.2, -0.15) is 0 Å². The van der Waals surface area contributed by atoms with Crippen LogP contribution in [-0.2, 0) is 0 Å². The first-order valence-corrected chi connectivity index (χ1v) is 3.60. The molecule has 0 heterocycles. The van der Waals surface area contributed by atoms with Crippen molar-refractivity contribution in [2.24, 2.45) is 5.73 Å². The average Bonchev–Trinajstić information content (AvgIpc) is 1.80. The zero-order valence-electron chi connectivity index (χ0n) is 6.11. The molecule has 0 rings (SSSR count). The minimum absolute atomic E-state index is 0.325. The van der Waals surface area contributed by atoms with E-state index in [1.807, 2.05) is 0 Å². The Kier molecular flexibility index (Phi) is 5.27. The number of hydrogen-bond donors (Lipinski definition) is 2. The topological polar surface area (TPSA) is 49.9 Å². The molecule has 9 heavy (non-hydrogen) atoms. The fourth-order valence-electron chi connectivity index (χ4n) is 0.742. The number of rotatable bonds is 5. The molecule has 0 aromatic carbocycles. The van der Waals surface area contributed by atoms with E-state index >= 15 is 0 Å². The average molecular weight is 128 g/mol. The van der Waals surface area contributed by atoms with E-state index in [1.165, 1.54) is 19.3 Å². The molecule has 0 aromatic heterocycles. The Balaban J connectivity index is 2.83. The number of unbranched alkanes of at least 4 members (excludes halogenated alkanes) is 3. The molecule has 0 aliphatic rings. The van der Waals surface area contributed by atoms with E-state index in [0.717, 1.165) is 12.8 Å². The Bertz CT molecular complexity index is 79.0. The molecule has 0 saturated carbocycles. The molecule has 2 heteroatoms. The van der Waals surface area contributed by atoms with E-state index < -0.39 is 0 Å². The van der Waals surface area contributed by atoms with Gasteiger partial charge in [0, 0.05) is 6.42 Å². The number of nitrogens with one attached hydrogen (secondary N) is 1. The Morgan fingerprint density at radius 2 is 2.00 bits per heavy atom. The first-order valence-electron chi connectivity index (χ1n) is 3.60. The lowest BCUT2D eigenvalue weighted by Crippen LogP contribution is -2.08. The second kappa shape index (κ2) is 5.60. The van der Waals surface area contributed by atoms with Gasteiger partial charge in [-0.1, -0.05) is 26.2 Å². The summed E-state index contributed by atoms with van der Waals surface area (Å²) in [6.07, 6.45) is 5.60. The zero-order chi connectivity index (χ0) is 7.11. The molecular weight excluding hydrogens is 112 g/mol. The number of hydrogen-bond acceptors (Lipinski definition) is 1. The fourth-order valence-corrected chi connectivity index (χ4v) is 0.742. The monoisotopic (exact) mass is 128 g/mol. The summed E-state index contributed by atoms with van der Waals surface area (Å²) in [6.45, 7) is 2.17. The quantitative estimate of drug-likeness (QED) is 0.331. The molecule has 3 N–H and O–H groups in total. The minimum atomic E-state index is 0.325. The van der Waals surface area contributed by atoms with E-state index in [9.17, 15) is 0 Å².